The summed E-state index contributed by atoms with van der Waals surface area (Å²) in [5.41, 5.74) is 2.19. The normalized spacial score (nSPS) is 10.4. The van der Waals surface area contributed by atoms with Crippen LogP contribution in [-0.4, -0.2) is 26.2 Å². The van der Waals surface area contributed by atoms with Crippen molar-refractivity contribution in [2.45, 2.75) is 19.4 Å². The van der Waals surface area contributed by atoms with Crippen LogP contribution in [0.15, 0.2) is 53.0 Å². The van der Waals surface area contributed by atoms with E-state index in [1.807, 2.05) is 48.5 Å². The van der Waals surface area contributed by atoms with Crippen LogP contribution in [0.4, 0.5) is 0 Å². The summed E-state index contributed by atoms with van der Waals surface area (Å²) in [6.07, 6.45) is 1.19. The summed E-state index contributed by atoms with van der Waals surface area (Å²) in [4.78, 5) is 12.0. The van der Waals surface area contributed by atoms with Gasteiger partial charge in [0.25, 0.3) is 0 Å². The SMILES string of the molecule is COCCOc1ccc(CNC(=O)CCc2ccccc2Br)cc1. The van der Waals surface area contributed by atoms with Crippen LogP contribution in [0.2, 0.25) is 0 Å². The molecule has 0 heterocycles. The quantitative estimate of drug-likeness (QED) is 0.662. The zero-order valence-electron chi connectivity index (χ0n) is 13.8. The summed E-state index contributed by atoms with van der Waals surface area (Å²) in [6.45, 7) is 1.62. The number of aryl methyl sites for hydroxylation is 1. The summed E-state index contributed by atoms with van der Waals surface area (Å²) in [7, 11) is 1.64. The first-order chi connectivity index (χ1) is 11.7. The van der Waals surface area contributed by atoms with Gasteiger partial charge in [-0.15, -0.1) is 0 Å². The molecule has 0 radical (unpaired) electrons. The standard InChI is InChI=1S/C19H22BrNO3/c1-23-12-13-24-17-9-6-15(7-10-17)14-21-19(22)11-8-16-4-2-3-5-18(16)20/h2-7,9-10H,8,11-14H2,1H3,(H,21,22). The van der Waals surface area contributed by atoms with E-state index in [1.165, 1.54) is 0 Å². The Morgan fingerprint density at radius 1 is 1.08 bits per heavy atom. The first-order valence-electron chi connectivity index (χ1n) is 7.90. The zero-order valence-corrected chi connectivity index (χ0v) is 15.3. The van der Waals surface area contributed by atoms with Crippen molar-refractivity contribution < 1.29 is 14.3 Å². The van der Waals surface area contributed by atoms with E-state index >= 15 is 0 Å². The van der Waals surface area contributed by atoms with Gasteiger partial charge in [0.15, 0.2) is 0 Å². The van der Waals surface area contributed by atoms with Crippen LogP contribution in [0.25, 0.3) is 0 Å². The van der Waals surface area contributed by atoms with Crippen LogP contribution in [-0.2, 0) is 22.5 Å². The number of ether oxygens (including phenoxy) is 2. The lowest BCUT2D eigenvalue weighted by molar-refractivity contribution is -0.121. The van der Waals surface area contributed by atoms with Crippen molar-refractivity contribution in [3.63, 3.8) is 0 Å². The van der Waals surface area contributed by atoms with E-state index in [0.717, 1.165) is 27.8 Å². The molecule has 2 rings (SSSR count). The highest BCUT2D eigenvalue weighted by Gasteiger charge is 2.05. The van der Waals surface area contributed by atoms with Crippen molar-refractivity contribution in [3.05, 3.63) is 64.1 Å². The number of nitrogens with one attached hydrogen (secondary N) is 1. The third kappa shape index (κ3) is 6.34. The van der Waals surface area contributed by atoms with E-state index < -0.39 is 0 Å². The van der Waals surface area contributed by atoms with Crippen LogP contribution in [0.5, 0.6) is 5.75 Å². The molecule has 1 N–H and O–H groups in total. The lowest BCUT2D eigenvalue weighted by Crippen LogP contribution is -2.23. The average molecular weight is 392 g/mol. The fourth-order valence-electron chi connectivity index (χ4n) is 2.18. The van der Waals surface area contributed by atoms with Gasteiger partial charge in [-0.05, 0) is 35.7 Å². The van der Waals surface area contributed by atoms with Crippen molar-refractivity contribution in [1.29, 1.82) is 0 Å². The largest absolute Gasteiger partial charge is 0.491 e. The maximum absolute atomic E-state index is 12.0. The van der Waals surface area contributed by atoms with Crippen molar-refractivity contribution in [1.82, 2.24) is 5.32 Å². The van der Waals surface area contributed by atoms with E-state index in [4.69, 9.17) is 9.47 Å². The highest BCUT2D eigenvalue weighted by Crippen LogP contribution is 2.17. The topological polar surface area (TPSA) is 47.6 Å². The molecule has 0 saturated heterocycles. The minimum atomic E-state index is 0.0474. The van der Waals surface area contributed by atoms with Gasteiger partial charge >= 0.3 is 0 Å². The molecule has 1 amide bonds. The Labute approximate surface area is 151 Å². The molecule has 0 fully saturated rings. The summed E-state index contributed by atoms with van der Waals surface area (Å²) >= 11 is 3.50. The number of hydrogen-bond donors (Lipinski definition) is 1. The third-order valence-corrected chi connectivity index (χ3v) is 4.32. The second-order valence-corrected chi connectivity index (χ2v) is 6.21. The van der Waals surface area contributed by atoms with E-state index in [0.29, 0.717) is 26.2 Å². The molecule has 0 bridgehead atoms. The van der Waals surface area contributed by atoms with Crippen molar-refractivity contribution in [2.75, 3.05) is 20.3 Å². The number of hydrogen-bond acceptors (Lipinski definition) is 3. The Morgan fingerprint density at radius 3 is 2.54 bits per heavy atom. The molecule has 24 heavy (non-hydrogen) atoms. The molecule has 0 unspecified atom stereocenters. The Hall–Kier alpha value is -1.85. The molecule has 0 aliphatic carbocycles. The Bertz CT molecular complexity index is 643. The van der Waals surface area contributed by atoms with Crippen LogP contribution < -0.4 is 10.1 Å². The number of benzene rings is 2. The summed E-state index contributed by atoms with van der Waals surface area (Å²) < 4.78 is 11.5. The van der Waals surface area contributed by atoms with E-state index in [1.54, 1.807) is 7.11 Å². The first kappa shape index (κ1) is 18.5. The van der Waals surface area contributed by atoms with Gasteiger partial charge in [0.2, 0.25) is 5.91 Å². The predicted molar refractivity (Wildman–Crippen MR) is 98.1 cm³/mol. The van der Waals surface area contributed by atoms with Gasteiger partial charge < -0.3 is 14.8 Å². The molecule has 0 aromatic heterocycles. The smallest absolute Gasteiger partial charge is 0.220 e. The van der Waals surface area contributed by atoms with E-state index in [2.05, 4.69) is 21.2 Å². The van der Waals surface area contributed by atoms with Gasteiger partial charge in [-0.1, -0.05) is 46.3 Å². The fraction of sp³-hybridized carbons (Fsp3) is 0.316. The molecular weight excluding hydrogens is 370 g/mol. The zero-order chi connectivity index (χ0) is 17.2. The summed E-state index contributed by atoms with van der Waals surface area (Å²) in [5.74, 6) is 0.849. The number of methoxy groups -OCH3 is 1. The average Bonchev–Trinajstić information content (AvgIpc) is 2.60. The second kappa shape index (κ2) is 10.1. The van der Waals surface area contributed by atoms with Gasteiger partial charge in [0.1, 0.15) is 12.4 Å². The third-order valence-electron chi connectivity index (χ3n) is 3.55. The number of rotatable bonds is 9. The van der Waals surface area contributed by atoms with Crippen molar-refractivity contribution >= 4 is 21.8 Å². The minimum Gasteiger partial charge on any atom is -0.491 e. The van der Waals surface area contributed by atoms with Gasteiger partial charge in [-0.25, -0.2) is 0 Å². The van der Waals surface area contributed by atoms with Crippen LogP contribution in [0, 0.1) is 0 Å². The molecule has 0 saturated carbocycles. The van der Waals surface area contributed by atoms with Gasteiger partial charge in [0.05, 0.1) is 6.61 Å². The summed E-state index contributed by atoms with van der Waals surface area (Å²) in [6, 6.07) is 15.7. The maximum atomic E-state index is 12.0. The number of amides is 1. The van der Waals surface area contributed by atoms with Gasteiger partial charge in [-0.3, -0.25) is 4.79 Å². The van der Waals surface area contributed by atoms with E-state index in [9.17, 15) is 4.79 Å². The molecule has 0 aliphatic heterocycles. The second-order valence-electron chi connectivity index (χ2n) is 5.35. The molecule has 128 valence electrons. The molecule has 2 aromatic carbocycles. The highest BCUT2D eigenvalue weighted by atomic mass is 79.9. The number of carbonyl (C=O) groups excluding carboxylic acids is 1. The Kier molecular flexibility index (Phi) is 7.79. The Balaban J connectivity index is 1.72. The van der Waals surface area contributed by atoms with Crippen molar-refractivity contribution in [2.24, 2.45) is 0 Å². The van der Waals surface area contributed by atoms with Crippen LogP contribution >= 0.6 is 15.9 Å². The molecule has 4 nitrogen and oxygen atoms in total. The summed E-state index contributed by atoms with van der Waals surface area (Å²) in [5, 5.41) is 2.95. The molecule has 0 atom stereocenters. The lowest BCUT2D eigenvalue weighted by Gasteiger charge is -2.08. The maximum Gasteiger partial charge on any atom is 0.220 e. The van der Waals surface area contributed by atoms with Crippen LogP contribution in [0.3, 0.4) is 0 Å². The molecule has 0 aliphatic rings. The molecule has 2 aromatic rings. The monoisotopic (exact) mass is 391 g/mol. The predicted octanol–water partition coefficient (Wildman–Crippen LogP) is 3.72. The minimum absolute atomic E-state index is 0.0474. The van der Waals surface area contributed by atoms with E-state index in [-0.39, 0.29) is 5.91 Å². The number of halogens is 1. The van der Waals surface area contributed by atoms with Crippen LogP contribution in [0.1, 0.15) is 17.5 Å². The lowest BCUT2D eigenvalue weighted by atomic mass is 10.1. The van der Waals surface area contributed by atoms with Crippen molar-refractivity contribution in [3.8, 4) is 5.75 Å². The van der Waals surface area contributed by atoms with Gasteiger partial charge in [-0.2, -0.15) is 0 Å². The first-order valence-corrected chi connectivity index (χ1v) is 8.69. The van der Waals surface area contributed by atoms with Gasteiger partial charge in [0, 0.05) is 24.5 Å². The Morgan fingerprint density at radius 2 is 1.83 bits per heavy atom. The molecule has 0 spiro atoms. The number of carbonyl (C=O) groups is 1. The molecule has 5 heteroatoms. The fourth-order valence-corrected chi connectivity index (χ4v) is 2.67. The highest BCUT2D eigenvalue weighted by molar-refractivity contribution is 9.10. The molecular formula is C19H22BrNO3.